The summed E-state index contributed by atoms with van der Waals surface area (Å²) in [6.07, 6.45) is 5.67. The molecule has 0 atom stereocenters. The monoisotopic (exact) mass is 196 g/mol. The zero-order valence-electron chi connectivity index (χ0n) is 9.00. The van der Waals surface area contributed by atoms with Gasteiger partial charge in [-0.25, -0.2) is 0 Å². The number of hydrogen-bond acceptors (Lipinski definition) is 0. The van der Waals surface area contributed by atoms with Crippen LogP contribution in [0, 0.1) is 0 Å². The van der Waals surface area contributed by atoms with Gasteiger partial charge in [-0.05, 0) is 41.5 Å². The van der Waals surface area contributed by atoms with E-state index in [2.05, 4.69) is 43.5 Å². The third kappa shape index (κ3) is 2.27. The van der Waals surface area contributed by atoms with Gasteiger partial charge in [-0.15, -0.1) is 0 Å². The van der Waals surface area contributed by atoms with Crippen molar-refractivity contribution in [3.8, 4) is 0 Å². The minimum Gasteiger partial charge on any atom is -0.0952 e. The Bertz CT molecular complexity index is 407. The van der Waals surface area contributed by atoms with Gasteiger partial charge in [-0.3, -0.25) is 0 Å². The molecule has 0 amide bonds. The Kier molecular flexibility index (Phi) is 2.86. The lowest BCUT2D eigenvalue weighted by atomic mass is 9.86. The van der Waals surface area contributed by atoms with Crippen LogP contribution >= 0.6 is 0 Å². The largest absolute Gasteiger partial charge is 0.0952 e. The predicted molar refractivity (Wildman–Crippen MR) is 66.6 cm³/mol. The van der Waals surface area contributed by atoms with E-state index in [4.69, 9.17) is 0 Å². The molecule has 0 aromatic heterocycles. The Labute approximate surface area is 91.6 Å². The molecular formula is C15H16. The smallest absolute Gasteiger partial charge is 0.0254 e. The number of rotatable bonds is 1. The van der Waals surface area contributed by atoms with Gasteiger partial charge < -0.3 is 0 Å². The lowest BCUT2D eigenvalue weighted by Crippen LogP contribution is -2.00. The molecule has 76 valence electrons. The summed E-state index contributed by atoms with van der Waals surface area (Å²) in [5.41, 5.74) is 4.94. The Morgan fingerprint density at radius 1 is 1.00 bits per heavy atom. The van der Waals surface area contributed by atoms with Gasteiger partial charge in [0.1, 0.15) is 0 Å². The van der Waals surface area contributed by atoms with Crippen LogP contribution in [-0.2, 0) is 0 Å². The van der Waals surface area contributed by atoms with E-state index in [-0.39, 0.29) is 0 Å². The summed E-state index contributed by atoms with van der Waals surface area (Å²) in [6.45, 7) is 8.15. The molecule has 1 aliphatic rings. The number of hydrogen-bond donors (Lipinski definition) is 0. The van der Waals surface area contributed by atoms with Gasteiger partial charge in [0, 0.05) is 0 Å². The van der Waals surface area contributed by atoms with E-state index in [0.717, 1.165) is 18.4 Å². The molecule has 0 unspecified atom stereocenters. The molecule has 0 heterocycles. The molecule has 0 saturated heterocycles. The van der Waals surface area contributed by atoms with Crippen LogP contribution in [0.4, 0.5) is 0 Å². The lowest BCUT2D eigenvalue weighted by molar-refractivity contribution is 0.781. The first-order valence-electron chi connectivity index (χ1n) is 5.40. The molecule has 0 aliphatic heterocycles. The molecule has 1 aliphatic carbocycles. The van der Waals surface area contributed by atoms with Crippen molar-refractivity contribution in [1.29, 1.82) is 0 Å². The molecule has 1 aromatic rings. The van der Waals surface area contributed by atoms with Gasteiger partial charge in [0.25, 0.3) is 0 Å². The molecule has 1 aromatic carbocycles. The molecule has 0 N–H and O–H groups in total. The second-order valence-corrected chi connectivity index (χ2v) is 4.02. The van der Waals surface area contributed by atoms with Crippen molar-refractivity contribution in [2.45, 2.75) is 19.3 Å². The van der Waals surface area contributed by atoms with E-state index < -0.39 is 0 Å². The minimum atomic E-state index is 1.10. The summed E-state index contributed by atoms with van der Waals surface area (Å²) >= 11 is 0. The maximum Gasteiger partial charge on any atom is -0.0254 e. The molecule has 0 heteroatoms. The van der Waals surface area contributed by atoms with E-state index >= 15 is 0 Å². The summed E-state index contributed by atoms with van der Waals surface area (Å²) in [5, 5.41) is 0. The average molecular weight is 196 g/mol. The maximum absolute atomic E-state index is 4.10. The van der Waals surface area contributed by atoms with Crippen molar-refractivity contribution < 1.29 is 0 Å². The fourth-order valence-corrected chi connectivity index (χ4v) is 1.93. The predicted octanol–water partition coefficient (Wildman–Crippen LogP) is 4.37. The van der Waals surface area contributed by atoms with Crippen molar-refractivity contribution in [2.75, 3.05) is 0 Å². The van der Waals surface area contributed by atoms with E-state index in [9.17, 15) is 0 Å². The summed E-state index contributed by atoms with van der Waals surface area (Å²) in [6, 6.07) is 10.4. The highest BCUT2D eigenvalue weighted by Gasteiger charge is 2.12. The molecule has 0 nitrogen and oxygen atoms in total. The Morgan fingerprint density at radius 2 is 1.73 bits per heavy atom. The average Bonchev–Trinajstić information content (AvgIpc) is 2.26. The molecule has 2 rings (SSSR count). The van der Waals surface area contributed by atoms with Crippen LogP contribution in [0.15, 0.2) is 60.2 Å². The standard InChI is InChI=1S/C15H16/c1-12-7-6-10-15(13(12)2)11-14-8-4-3-5-9-14/h3-5,8-9,11H,1-2,6-7,10H2. The van der Waals surface area contributed by atoms with Crippen molar-refractivity contribution in [3.05, 3.63) is 65.8 Å². The zero-order chi connectivity index (χ0) is 10.7. The maximum atomic E-state index is 4.10. The van der Waals surface area contributed by atoms with Crippen molar-refractivity contribution in [2.24, 2.45) is 0 Å². The first kappa shape index (κ1) is 9.97. The first-order chi connectivity index (χ1) is 7.27. The summed E-state index contributed by atoms with van der Waals surface area (Å²) in [7, 11) is 0. The SMILES string of the molecule is C=C1CCCC(=Cc2ccccc2)C1=C. The molecule has 1 saturated carbocycles. The summed E-state index contributed by atoms with van der Waals surface area (Å²) < 4.78 is 0. The van der Waals surface area contributed by atoms with Gasteiger partial charge in [0.05, 0.1) is 0 Å². The molecular weight excluding hydrogens is 180 g/mol. The van der Waals surface area contributed by atoms with Crippen molar-refractivity contribution in [3.63, 3.8) is 0 Å². The van der Waals surface area contributed by atoms with E-state index in [1.54, 1.807) is 0 Å². The topological polar surface area (TPSA) is 0 Å². The van der Waals surface area contributed by atoms with E-state index in [1.807, 2.05) is 6.07 Å². The molecule has 1 fully saturated rings. The third-order valence-electron chi connectivity index (χ3n) is 2.88. The second kappa shape index (κ2) is 4.31. The number of benzene rings is 1. The lowest BCUT2D eigenvalue weighted by Gasteiger charge is -2.19. The minimum absolute atomic E-state index is 1.10. The van der Waals surface area contributed by atoms with E-state index in [0.29, 0.717) is 0 Å². The van der Waals surface area contributed by atoms with Crippen molar-refractivity contribution in [1.82, 2.24) is 0 Å². The highest BCUT2D eigenvalue weighted by atomic mass is 14.2. The third-order valence-corrected chi connectivity index (χ3v) is 2.88. The molecule has 0 radical (unpaired) electrons. The molecule has 0 spiro atoms. The Morgan fingerprint density at radius 3 is 2.47 bits per heavy atom. The van der Waals surface area contributed by atoms with Crippen LogP contribution in [-0.4, -0.2) is 0 Å². The zero-order valence-corrected chi connectivity index (χ0v) is 9.00. The number of allylic oxidation sites excluding steroid dienone is 3. The van der Waals surface area contributed by atoms with Crippen LogP contribution in [0.25, 0.3) is 6.08 Å². The van der Waals surface area contributed by atoms with Crippen molar-refractivity contribution >= 4 is 6.08 Å². The highest BCUT2D eigenvalue weighted by molar-refractivity contribution is 5.62. The van der Waals surface area contributed by atoms with Gasteiger partial charge in [-0.2, -0.15) is 0 Å². The Balaban J connectivity index is 2.27. The second-order valence-electron chi connectivity index (χ2n) is 4.02. The van der Waals surface area contributed by atoms with Gasteiger partial charge in [0.15, 0.2) is 0 Å². The molecule has 0 bridgehead atoms. The van der Waals surface area contributed by atoms with Crippen LogP contribution < -0.4 is 0 Å². The van der Waals surface area contributed by atoms with Gasteiger partial charge in [-0.1, -0.05) is 49.6 Å². The Hall–Kier alpha value is -1.56. The van der Waals surface area contributed by atoms with Crippen LogP contribution in [0.2, 0.25) is 0 Å². The molecule has 15 heavy (non-hydrogen) atoms. The van der Waals surface area contributed by atoms with Crippen LogP contribution in [0.1, 0.15) is 24.8 Å². The fourth-order valence-electron chi connectivity index (χ4n) is 1.93. The van der Waals surface area contributed by atoms with Crippen LogP contribution in [0.5, 0.6) is 0 Å². The quantitative estimate of drug-likeness (QED) is 0.625. The summed E-state index contributed by atoms with van der Waals surface area (Å²) in [5.74, 6) is 0. The van der Waals surface area contributed by atoms with Gasteiger partial charge in [0.2, 0.25) is 0 Å². The fraction of sp³-hybridized carbons (Fsp3) is 0.200. The van der Waals surface area contributed by atoms with Gasteiger partial charge >= 0.3 is 0 Å². The summed E-state index contributed by atoms with van der Waals surface area (Å²) in [4.78, 5) is 0. The first-order valence-corrected chi connectivity index (χ1v) is 5.40. The van der Waals surface area contributed by atoms with Crippen LogP contribution in [0.3, 0.4) is 0 Å². The normalized spacial score (nSPS) is 19.6. The highest BCUT2D eigenvalue weighted by Crippen LogP contribution is 2.32. The van der Waals surface area contributed by atoms with E-state index in [1.165, 1.54) is 23.1 Å².